The Morgan fingerprint density at radius 1 is 1.14 bits per heavy atom. The van der Waals surface area contributed by atoms with Crippen LogP contribution in [0, 0.1) is 5.82 Å². The second kappa shape index (κ2) is 7.14. The molecule has 4 nitrogen and oxygen atoms in total. The molecule has 1 aliphatic heterocycles. The van der Waals surface area contributed by atoms with Gasteiger partial charge >= 0.3 is 5.97 Å². The monoisotopic (exact) mass is 395 g/mol. The second-order valence-corrected chi connectivity index (χ2v) is 8.60. The van der Waals surface area contributed by atoms with Gasteiger partial charge in [-0.3, -0.25) is 4.79 Å². The van der Waals surface area contributed by atoms with Crippen LogP contribution in [-0.4, -0.2) is 24.5 Å². The minimum absolute atomic E-state index is 0.155. The van der Waals surface area contributed by atoms with E-state index < -0.39 is 28.7 Å². The molecule has 0 saturated heterocycles. The number of hydrogen-bond acceptors (Lipinski definition) is 3. The summed E-state index contributed by atoms with van der Waals surface area (Å²) in [5.74, 6) is -1.84. The van der Waals surface area contributed by atoms with Crippen LogP contribution >= 0.6 is 0 Å². The highest BCUT2D eigenvalue weighted by Gasteiger charge is 2.53. The summed E-state index contributed by atoms with van der Waals surface area (Å²) >= 11 is 0. The van der Waals surface area contributed by atoms with E-state index in [0.717, 1.165) is 11.3 Å². The summed E-state index contributed by atoms with van der Waals surface area (Å²) in [5, 5.41) is 0. The Bertz CT molecular complexity index is 974. The van der Waals surface area contributed by atoms with Gasteiger partial charge in [-0.25, -0.2) is 9.18 Å². The number of likely N-dealkylation sites (N-methyl/N-ethyl adjacent to an activating group) is 1. The van der Waals surface area contributed by atoms with Crippen LogP contribution in [0.1, 0.15) is 44.7 Å². The van der Waals surface area contributed by atoms with Gasteiger partial charge in [0.15, 0.2) is 0 Å². The normalized spacial score (nSPS) is 19.7. The number of rotatable bonds is 4. The predicted molar refractivity (Wildman–Crippen MR) is 111 cm³/mol. The fourth-order valence-electron chi connectivity index (χ4n) is 4.06. The van der Waals surface area contributed by atoms with Crippen molar-refractivity contribution in [3.8, 4) is 0 Å². The van der Waals surface area contributed by atoms with Crippen molar-refractivity contribution in [3.63, 3.8) is 0 Å². The van der Waals surface area contributed by atoms with E-state index in [4.69, 9.17) is 4.74 Å². The third kappa shape index (κ3) is 3.57. The Balaban J connectivity index is 2.18. The van der Waals surface area contributed by atoms with Crippen LogP contribution in [-0.2, 0) is 19.7 Å². The molecule has 1 aliphatic rings. The SMILES string of the molecule is C=C(C(=O)OC(C)(C)C)[C@H](c1ccc(F)cc1)[C@@]1(C)C(=O)N(C)c2ccccc21. The zero-order valence-electron chi connectivity index (χ0n) is 17.5. The first kappa shape index (κ1) is 20.8. The summed E-state index contributed by atoms with van der Waals surface area (Å²) in [4.78, 5) is 27.9. The van der Waals surface area contributed by atoms with E-state index in [2.05, 4.69) is 6.58 Å². The first-order valence-corrected chi connectivity index (χ1v) is 9.52. The van der Waals surface area contributed by atoms with Gasteiger partial charge in [-0.1, -0.05) is 36.9 Å². The van der Waals surface area contributed by atoms with Crippen molar-refractivity contribution in [2.45, 2.75) is 44.6 Å². The number of amides is 1. The van der Waals surface area contributed by atoms with Crippen LogP contribution < -0.4 is 4.90 Å². The van der Waals surface area contributed by atoms with Crippen molar-refractivity contribution < 1.29 is 18.7 Å². The topological polar surface area (TPSA) is 46.6 Å². The van der Waals surface area contributed by atoms with Gasteiger partial charge in [-0.2, -0.15) is 0 Å². The summed E-state index contributed by atoms with van der Waals surface area (Å²) in [7, 11) is 1.71. The highest BCUT2D eigenvalue weighted by Crippen LogP contribution is 2.51. The summed E-state index contributed by atoms with van der Waals surface area (Å²) < 4.78 is 19.1. The molecule has 0 spiro atoms. The molecule has 0 saturated carbocycles. The van der Waals surface area contributed by atoms with Crippen LogP contribution in [0.5, 0.6) is 0 Å². The van der Waals surface area contributed by atoms with E-state index in [-0.39, 0.29) is 11.5 Å². The zero-order valence-corrected chi connectivity index (χ0v) is 17.5. The number of hydrogen-bond donors (Lipinski definition) is 0. The average Bonchev–Trinajstić information content (AvgIpc) is 2.84. The molecule has 0 unspecified atom stereocenters. The lowest BCUT2D eigenvalue weighted by molar-refractivity contribution is -0.150. The predicted octanol–water partition coefficient (Wildman–Crippen LogP) is 4.74. The molecular weight excluding hydrogens is 369 g/mol. The first-order chi connectivity index (χ1) is 13.5. The molecule has 29 heavy (non-hydrogen) atoms. The Labute approximate surface area is 171 Å². The molecule has 0 radical (unpaired) electrons. The number of anilines is 1. The van der Waals surface area contributed by atoms with Crippen LogP contribution in [0.15, 0.2) is 60.7 Å². The van der Waals surface area contributed by atoms with Gasteiger partial charge in [0.1, 0.15) is 11.4 Å². The first-order valence-electron chi connectivity index (χ1n) is 9.52. The molecule has 152 valence electrons. The number of fused-ring (bicyclic) bond motifs is 1. The van der Waals surface area contributed by atoms with Crippen molar-refractivity contribution in [2.75, 3.05) is 11.9 Å². The number of para-hydroxylation sites is 1. The van der Waals surface area contributed by atoms with Crippen LogP contribution in [0.4, 0.5) is 10.1 Å². The van der Waals surface area contributed by atoms with Gasteiger partial charge in [-0.15, -0.1) is 0 Å². The van der Waals surface area contributed by atoms with Crippen molar-refractivity contribution >= 4 is 17.6 Å². The number of esters is 1. The molecule has 0 aromatic heterocycles. The minimum atomic E-state index is -1.09. The summed E-state index contributed by atoms with van der Waals surface area (Å²) in [6.45, 7) is 11.2. The fraction of sp³-hybridized carbons (Fsp3) is 0.333. The Morgan fingerprint density at radius 2 is 1.72 bits per heavy atom. The Morgan fingerprint density at radius 3 is 2.31 bits per heavy atom. The second-order valence-electron chi connectivity index (χ2n) is 8.60. The van der Waals surface area contributed by atoms with E-state index in [9.17, 15) is 14.0 Å². The van der Waals surface area contributed by atoms with E-state index in [1.54, 1.807) is 51.8 Å². The maximum absolute atomic E-state index is 13.6. The van der Waals surface area contributed by atoms with Crippen LogP contribution in [0.3, 0.4) is 0 Å². The highest BCUT2D eigenvalue weighted by molar-refractivity contribution is 6.09. The van der Waals surface area contributed by atoms with Crippen molar-refractivity contribution in [1.29, 1.82) is 0 Å². The smallest absolute Gasteiger partial charge is 0.334 e. The van der Waals surface area contributed by atoms with Crippen molar-refractivity contribution in [3.05, 3.63) is 77.6 Å². The number of carbonyl (C=O) groups is 2. The number of nitrogens with zero attached hydrogens (tertiary/aromatic N) is 1. The zero-order chi connectivity index (χ0) is 21.6. The molecule has 0 aliphatic carbocycles. The lowest BCUT2D eigenvalue weighted by Crippen LogP contribution is -2.43. The molecule has 1 heterocycles. The van der Waals surface area contributed by atoms with Gasteiger partial charge < -0.3 is 9.64 Å². The van der Waals surface area contributed by atoms with Gasteiger partial charge in [0.05, 0.1) is 5.41 Å². The molecule has 2 aromatic carbocycles. The average molecular weight is 395 g/mol. The molecule has 0 N–H and O–H groups in total. The highest BCUT2D eigenvalue weighted by atomic mass is 19.1. The Kier molecular flexibility index (Phi) is 5.11. The minimum Gasteiger partial charge on any atom is -0.457 e. The third-order valence-electron chi connectivity index (χ3n) is 5.36. The van der Waals surface area contributed by atoms with E-state index >= 15 is 0 Å². The molecule has 1 amide bonds. The maximum atomic E-state index is 13.6. The lowest BCUT2D eigenvalue weighted by atomic mass is 9.66. The fourth-order valence-corrected chi connectivity index (χ4v) is 4.06. The number of ether oxygens (including phenoxy) is 1. The molecule has 0 bridgehead atoms. The number of carbonyl (C=O) groups excluding carboxylic acids is 2. The van der Waals surface area contributed by atoms with E-state index in [1.807, 2.05) is 24.3 Å². The van der Waals surface area contributed by atoms with Gasteiger partial charge in [0, 0.05) is 24.2 Å². The van der Waals surface area contributed by atoms with Gasteiger partial charge in [-0.05, 0) is 57.0 Å². The molecule has 2 aromatic rings. The molecular formula is C24H26FNO3. The van der Waals surface area contributed by atoms with E-state index in [1.165, 1.54) is 12.1 Å². The number of halogens is 1. The van der Waals surface area contributed by atoms with Crippen LogP contribution in [0.25, 0.3) is 0 Å². The third-order valence-corrected chi connectivity index (χ3v) is 5.36. The molecule has 3 rings (SSSR count). The van der Waals surface area contributed by atoms with Crippen LogP contribution in [0.2, 0.25) is 0 Å². The van der Waals surface area contributed by atoms with Crippen molar-refractivity contribution in [2.24, 2.45) is 0 Å². The molecule has 5 heteroatoms. The van der Waals surface area contributed by atoms with Gasteiger partial charge in [0.2, 0.25) is 5.91 Å². The maximum Gasteiger partial charge on any atom is 0.334 e. The molecule has 0 fully saturated rings. The lowest BCUT2D eigenvalue weighted by Gasteiger charge is -2.35. The quantitative estimate of drug-likeness (QED) is 0.555. The standard InChI is InChI=1S/C24H26FNO3/c1-15(21(27)29-23(2,3)4)20(16-11-13-17(25)14-12-16)24(5)18-9-7-8-10-19(18)26(6)22(24)28/h7-14,20H,1H2,2-6H3/t20-,24+/m1/s1. The Hall–Kier alpha value is -2.95. The summed E-state index contributed by atoms with van der Waals surface area (Å²) in [6, 6.07) is 13.3. The van der Waals surface area contributed by atoms with Crippen molar-refractivity contribution in [1.82, 2.24) is 0 Å². The number of benzene rings is 2. The van der Waals surface area contributed by atoms with Gasteiger partial charge in [0.25, 0.3) is 0 Å². The molecule has 2 atom stereocenters. The largest absolute Gasteiger partial charge is 0.457 e. The van der Waals surface area contributed by atoms with E-state index in [0.29, 0.717) is 5.56 Å². The summed E-state index contributed by atoms with van der Waals surface area (Å²) in [5.41, 5.74) is 0.575. The summed E-state index contributed by atoms with van der Waals surface area (Å²) in [6.07, 6.45) is 0.